The smallest absolute Gasteiger partial charge is 0.290 e. The van der Waals surface area contributed by atoms with Gasteiger partial charge in [-0.2, -0.15) is 0 Å². The molecule has 0 saturated heterocycles. The van der Waals surface area contributed by atoms with E-state index in [2.05, 4.69) is 4.98 Å². The van der Waals surface area contributed by atoms with E-state index in [1.54, 1.807) is 0 Å². The van der Waals surface area contributed by atoms with Crippen LogP contribution < -0.4 is 0 Å². The Balaban J connectivity index is 0.00000192. The molecule has 8 nitrogen and oxygen atoms in total. The normalized spacial score (nSPS) is 10.3. The maximum Gasteiger partial charge on any atom is 0.290 e. The van der Waals surface area contributed by atoms with Gasteiger partial charge in [0.2, 0.25) is 0 Å². The zero-order valence-corrected chi connectivity index (χ0v) is 13.0. The second kappa shape index (κ2) is 6.69. The molecule has 0 bridgehead atoms. The van der Waals surface area contributed by atoms with Crippen LogP contribution in [0, 0.1) is 20.2 Å². The SMILES string of the molecule is O.O=[N+]([O-])c1ccc(Sc2nc3ccccc3s2)c([N+](=O)[O-])c1. The molecule has 2 N–H and O–H groups in total. The van der Waals surface area contributed by atoms with Gasteiger partial charge in [-0.05, 0) is 18.2 Å². The van der Waals surface area contributed by atoms with Gasteiger partial charge in [-0.25, -0.2) is 4.98 Å². The lowest BCUT2D eigenvalue weighted by molar-refractivity contribution is -0.396. The Hall–Kier alpha value is -2.56. The Morgan fingerprint density at radius 2 is 1.78 bits per heavy atom. The average molecular weight is 351 g/mol. The summed E-state index contributed by atoms with van der Waals surface area (Å²) in [6.07, 6.45) is 0. The first kappa shape index (κ1) is 16.8. The van der Waals surface area contributed by atoms with E-state index in [0.29, 0.717) is 9.24 Å². The third kappa shape index (κ3) is 3.44. The number of nitro groups is 2. The number of fused-ring (bicyclic) bond motifs is 1. The summed E-state index contributed by atoms with van der Waals surface area (Å²) in [6.45, 7) is 0. The number of hydrogen-bond acceptors (Lipinski definition) is 7. The number of nitro benzene ring substituents is 2. The van der Waals surface area contributed by atoms with Gasteiger partial charge in [-0.15, -0.1) is 11.3 Å². The van der Waals surface area contributed by atoms with Crippen molar-refractivity contribution in [1.82, 2.24) is 4.98 Å². The van der Waals surface area contributed by atoms with Crippen LogP contribution in [0.3, 0.4) is 0 Å². The molecule has 0 amide bonds. The lowest BCUT2D eigenvalue weighted by Crippen LogP contribution is -1.94. The first-order valence-corrected chi connectivity index (χ1v) is 7.64. The highest BCUT2D eigenvalue weighted by molar-refractivity contribution is 8.01. The zero-order chi connectivity index (χ0) is 15.7. The van der Waals surface area contributed by atoms with E-state index in [4.69, 9.17) is 0 Å². The second-order valence-electron chi connectivity index (χ2n) is 4.22. The van der Waals surface area contributed by atoms with Gasteiger partial charge in [0.25, 0.3) is 11.4 Å². The molecule has 1 heterocycles. The molecule has 10 heteroatoms. The van der Waals surface area contributed by atoms with E-state index in [0.717, 1.165) is 28.0 Å². The average Bonchev–Trinajstić information content (AvgIpc) is 2.89. The zero-order valence-electron chi connectivity index (χ0n) is 11.3. The molecule has 0 atom stereocenters. The lowest BCUT2D eigenvalue weighted by atomic mass is 10.3. The van der Waals surface area contributed by atoms with Crippen LogP contribution in [-0.2, 0) is 0 Å². The van der Waals surface area contributed by atoms with Crippen molar-refractivity contribution in [1.29, 1.82) is 0 Å². The van der Waals surface area contributed by atoms with Gasteiger partial charge < -0.3 is 5.48 Å². The summed E-state index contributed by atoms with van der Waals surface area (Å²) in [6, 6.07) is 11.1. The summed E-state index contributed by atoms with van der Waals surface area (Å²) in [7, 11) is 0. The van der Waals surface area contributed by atoms with Crippen molar-refractivity contribution in [2.24, 2.45) is 0 Å². The van der Waals surface area contributed by atoms with Gasteiger partial charge >= 0.3 is 0 Å². The Kier molecular flexibility index (Phi) is 4.89. The molecule has 0 saturated carbocycles. The number of nitrogens with zero attached hydrogens (tertiary/aromatic N) is 3. The quantitative estimate of drug-likeness (QED) is 0.522. The van der Waals surface area contributed by atoms with Crippen LogP contribution >= 0.6 is 23.1 Å². The summed E-state index contributed by atoms with van der Waals surface area (Å²) in [4.78, 5) is 25.3. The molecule has 3 rings (SSSR count). The standard InChI is InChI=1S/C13H7N3O4S2.H2O/c17-15(18)8-5-6-12(10(7-8)16(19)20)22-13-14-9-3-1-2-4-11(9)21-13;/h1-7H;1H2. The van der Waals surface area contributed by atoms with Gasteiger partial charge in [0.15, 0.2) is 4.34 Å². The monoisotopic (exact) mass is 351 g/mol. The molecule has 1 aromatic heterocycles. The Bertz CT molecular complexity index is 863. The van der Waals surface area contributed by atoms with Gasteiger partial charge in [-0.1, -0.05) is 23.9 Å². The van der Waals surface area contributed by atoms with E-state index in [9.17, 15) is 20.2 Å². The minimum Gasteiger partial charge on any atom is -0.412 e. The predicted molar refractivity (Wildman–Crippen MR) is 87.1 cm³/mol. The first-order valence-electron chi connectivity index (χ1n) is 6.01. The Morgan fingerprint density at radius 3 is 2.43 bits per heavy atom. The van der Waals surface area contributed by atoms with Crippen LogP contribution in [0.4, 0.5) is 11.4 Å². The highest BCUT2D eigenvalue weighted by Gasteiger charge is 2.21. The third-order valence-electron chi connectivity index (χ3n) is 2.82. The van der Waals surface area contributed by atoms with Crippen LogP contribution in [0.5, 0.6) is 0 Å². The molecule has 3 aromatic rings. The topological polar surface area (TPSA) is 131 Å². The van der Waals surface area contributed by atoms with Crippen molar-refractivity contribution in [3.05, 3.63) is 62.7 Å². The van der Waals surface area contributed by atoms with Crippen molar-refractivity contribution in [2.45, 2.75) is 9.24 Å². The first-order chi connectivity index (χ1) is 10.5. The summed E-state index contributed by atoms with van der Waals surface area (Å²) in [5.41, 5.74) is 0.221. The minimum absolute atomic E-state index is 0. The van der Waals surface area contributed by atoms with Gasteiger partial charge in [0.1, 0.15) is 0 Å². The fourth-order valence-electron chi connectivity index (χ4n) is 1.84. The van der Waals surface area contributed by atoms with Crippen LogP contribution in [-0.4, -0.2) is 20.3 Å². The number of benzene rings is 2. The summed E-state index contributed by atoms with van der Waals surface area (Å²) >= 11 is 2.55. The molecular weight excluding hydrogens is 342 g/mol. The van der Waals surface area contributed by atoms with E-state index < -0.39 is 9.85 Å². The molecule has 0 unspecified atom stereocenters. The van der Waals surface area contributed by atoms with Crippen molar-refractivity contribution in [3.63, 3.8) is 0 Å². The number of hydrogen-bond donors (Lipinski definition) is 0. The van der Waals surface area contributed by atoms with E-state index in [1.165, 1.54) is 23.5 Å². The molecule has 0 radical (unpaired) electrons. The van der Waals surface area contributed by atoms with Crippen molar-refractivity contribution in [2.75, 3.05) is 0 Å². The molecule has 2 aromatic carbocycles. The number of aromatic nitrogens is 1. The van der Waals surface area contributed by atoms with Crippen molar-refractivity contribution < 1.29 is 15.3 Å². The molecular formula is C13H9N3O5S2. The predicted octanol–water partition coefficient (Wildman–Crippen LogP) is 3.44. The van der Waals surface area contributed by atoms with Gasteiger partial charge in [0.05, 0.1) is 31.0 Å². The van der Waals surface area contributed by atoms with E-state index >= 15 is 0 Å². The number of non-ortho nitro benzene ring substituents is 1. The number of para-hydroxylation sites is 1. The molecule has 0 aliphatic heterocycles. The second-order valence-corrected chi connectivity index (χ2v) is 6.54. The molecule has 0 aliphatic carbocycles. The van der Waals surface area contributed by atoms with Crippen molar-refractivity contribution in [3.8, 4) is 0 Å². The van der Waals surface area contributed by atoms with Crippen molar-refractivity contribution >= 4 is 44.7 Å². The molecule has 0 spiro atoms. The minimum atomic E-state index is -0.654. The van der Waals surface area contributed by atoms with E-state index in [-0.39, 0.29) is 16.9 Å². The third-order valence-corrected chi connectivity index (χ3v) is 4.98. The molecule has 23 heavy (non-hydrogen) atoms. The number of rotatable bonds is 4. The van der Waals surface area contributed by atoms with Crippen LogP contribution in [0.2, 0.25) is 0 Å². The fraction of sp³-hybridized carbons (Fsp3) is 0. The lowest BCUT2D eigenvalue weighted by Gasteiger charge is -2.00. The summed E-state index contributed by atoms with van der Waals surface area (Å²) < 4.78 is 1.63. The van der Waals surface area contributed by atoms with Crippen LogP contribution in [0.15, 0.2) is 51.7 Å². The fourth-order valence-corrected chi connectivity index (χ4v) is 3.95. The number of thiazole rings is 1. The van der Waals surface area contributed by atoms with Crippen LogP contribution in [0.1, 0.15) is 0 Å². The Morgan fingerprint density at radius 1 is 1.04 bits per heavy atom. The highest BCUT2D eigenvalue weighted by atomic mass is 32.2. The summed E-state index contributed by atoms with van der Waals surface area (Å²) in [5.74, 6) is 0. The molecule has 0 aliphatic rings. The molecule has 0 fully saturated rings. The highest BCUT2D eigenvalue weighted by Crippen LogP contribution is 2.39. The maximum atomic E-state index is 11.1. The molecule has 118 valence electrons. The Labute approximate surface area is 137 Å². The largest absolute Gasteiger partial charge is 0.412 e. The van der Waals surface area contributed by atoms with Crippen LogP contribution in [0.25, 0.3) is 10.2 Å². The summed E-state index contributed by atoms with van der Waals surface area (Å²) in [5, 5.41) is 21.8. The van der Waals surface area contributed by atoms with E-state index in [1.807, 2.05) is 24.3 Å². The van der Waals surface area contributed by atoms with Gasteiger partial charge in [-0.3, -0.25) is 20.2 Å². The maximum absolute atomic E-state index is 11.1. The van der Waals surface area contributed by atoms with Gasteiger partial charge in [0, 0.05) is 6.07 Å².